The number of non-ortho nitro benzene ring substituents is 1. The molecule has 2 atom stereocenters. The Morgan fingerprint density at radius 1 is 1.11 bits per heavy atom. The van der Waals surface area contributed by atoms with E-state index < -0.39 is 29.2 Å². The first kappa shape index (κ1) is 35.7. The minimum Gasteiger partial charge on any atom is -0.490 e. The maximum absolute atomic E-state index is 12.5. The van der Waals surface area contributed by atoms with Crippen LogP contribution in [0.3, 0.4) is 0 Å². The van der Waals surface area contributed by atoms with Gasteiger partial charge in [0.25, 0.3) is 5.69 Å². The second-order valence-electron chi connectivity index (χ2n) is 9.94. The SMILES string of the molecule is CCOc1cc([C@@H]2NC(=O)NC(C)=C2C(=O)OC)ccc1OC[C@H](O)N/N=C\c1cc(I)c(OCc2ccc([N+](=O)[O-])cc2)c(I)c1. The molecule has 0 saturated heterocycles. The summed E-state index contributed by atoms with van der Waals surface area (Å²) in [6.07, 6.45) is 0.388. The lowest BCUT2D eigenvalue weighted by molar-refractivity contribution is -0.384. The Morgan fingerprint density at radius 3 is 2.45 bits per heavy atom. The number of esters is 1. The minimum atomic E-state index is -1.16. The van der Waals surface area contributed by atoms with E-state index in [0.717, 1.165) is 18.3 Å². The molecule has 0 aliphatic carbocycles. The Morgan fingerprint density at radius 2 is 1.81 bits per heavy atom. The number of carbonyl (C=O) groups is 2. The van der Waals surface area contributed by atoms with Gasteiger partial charge in [-0.2, -0.15) is 5.10 Å². The first-order chi connectivity index (χ1) is 22.5. The zero-order valence-electron chi connectivity index (χ0n) is 25.4. The smallest absolute Gasteiger partial charge is 0.337 e. The molecule has 1 aliphatic heterocycles. The fraction of sp³-hybridized carbons (Fsp3) is 0.258. The summed E-state index contributed by atoms with van der Waals surface area (Å²) in [5.74, 6) is 0.792. The Labute approximate surface area is 297 Å². The van der Waals surface area contributed by atoms with Crippen LogP contribution in [0.1, 0.15) is 36.6 Å². The van der Waals surface area contributed by atoms with Crippen LogP contribution in [0.2, 0.25) is 0 Å². The van der Waals surface area contributed by atoms with Crippen LogP contribution in [-0.2, 0) is 16.1 Å². The molecule has 3 aromatic carbocycles. The molecule has 16 heteroatoms. The topological polar surface area (TPSA) is 183 Å². The summed E-state index contributed by atoms with van der Waals surface area (Å²) >= 11 is 4.31. The van der Waals surface area contributed by atoms with Crippen molar-refractivity contribution in [2.75, 3.05) is 20.3 Å². The van der Waals surface area contributed by atoms with E-state index >= 15 is 0 Å². The van der Waals surface area contributed by atoms with E-state index in [1.807, 2.05) is 12.1 Å². The molecule has 0 fully saturated rings. The number of nitrogens with zero attached hydrogens (tertiary/aromatic N) is 2. The summed E-state index contributed by atoms with van der Waals surface area (Å²) in [6.45, 7) is 3.82. The molecule has 4 N–H and O–H groups in total. The zero-order chi connectivity index (χ0) is 34.1. The predicted molar refractivity (Wildman–Crippen MR) is 188 cm³/mol. The second kappa shape index (κ2) is 16.6. The fourth-order valence-corrected chi connectivity index (χ4v) is 6.61. The number of methoxy groups -OCH3 is 1. The zero-order valence-corrected chi connectivity index (χ0v) is 29.7. The lowest BCUT2D eigenvalue weighted by Crippen LogP contribution is -2.45. The number of benzene rings is 3. The van der Waals surface area contributed by atoms with Crippen LogP contribution in [-0.4, -0.2) is 54.8 Å². The van der Waals surface area contributed by atoms with Gasteiger partial charge in [-0.15, -0.1) is 0 Å². The van der Waals surface area contributed by atoms with E-state index in [4.69, 9.17) is 18.9 Å². The number of nitro benzene ring substituents is 1. The quantitative estimate of drug-likeness (QED) is 0.0434. The van der Waals surface area contributed by atoms with Crippen molar-refractivity contribution in [1.29, 1.82) is 0 Å². The highest BCUT2D eigenvalue weighted by Crippen LogP contribution is 2.35. The molecule has 14 nitrogen and oxygen atoms in total. The number of amides is 2. The number of hydrazone groups is 1. The highest BCUT2D eigenvalue weighted by molar-refractivity contribution is 14.1. The van der Waals surface area contributed by atoms with Crippen LogP contribution in [0.5, 0.6) is 17.2 Å². The third-order valence-corrected chi connectivity index (χ3v) is 8.26. The maximum Gasteiger partial charge on any atom is 0.337 e. The van der Waals surface area contributed by atoms with Gasteiger partial charge < -0.3 is 34.7 Å². The summed E-state index contributed by atoms with van der Waals surface area (Å²) in [7, 11) is 1.27. The number of nitro groups is 1. The average molecular weight is 871 g/mol. The standard InChI is InChI=1S/C31H31I2N5O9/c1-4-45-25-13-20(28-27(30(40)44-3)17(2)35-31(41)36-28)7-10-24(25)46-16-26(39)37-34-14-19-11-22(32)29(23(33)12-19)47-15-18-5-8-21(9-6-18)38(42)43/h5-14,26,28,37,39H,4,15-16H2,1-3H3,(H2,35,36,41)/b34-14-/t26-,28-/m0/s1. The number of ether oxygens (including phenoxy) is 4. The van der Waals surface area contributed by atoms with E-state index in [1.54, 1.807) is 50.4 Å². The van der Waals surface area contributed by atoms with Gasteiger partial charge in [-0.25, -0.2) is 9.59 Å². The fourth-order valence-electron chi connectivity index (χ4n) is 4.48. The molecule has 2 amide bonds. The number of aliphatic hydroxyl groups excluding tert-OH is 1. The number of carbonyl (C=O) groups excluding carboxylic acids is 2. The normalized spacial score (nSPS) is 15.0. The highest BCUT2D eigenvalue weighted by atomic mass is 127. The Kier molecular flexibility index (Phi) is 12.6. The van der Waals surface area contributed by atoms with Crippen molar-refractivity contribution in [1.82, 2.24) is 16.1 Å². The van der Waals surface area contributed by atoms with Crippen LogP contribution < -0.4 is 30.3 Å². The van der Waals surface area contributed by atoms with Crippen LogP contribution in [0.15, 0.2) is 71.0 Å². The minimum absolute atomic E-state index is 0.0193. The van der Waals surface area contributed by atoms with Gasteiger partial charge >= 0.3 is 12.0 Å². The van der Waals surface area contributed by atoms with Crippen LogP contribution in [0.25, 0.3) is 0 Å². The first-order valence-electron chi connectivity index (χ1n) is 14.1. The molecular weight excluding hydrogens is 840 g/mol. The summed E-state index contributed by atoms with van der Waals surface area (Å²) in [5.41, 5.74) is 5.42. The van der Waals surface area contributed by atoms with Crippen molar-refractivity contribution in [3.05, 3.63) is 99.8 Å². The van der Waals surface area contributed by atoms with Gasteiger partial charge in [-0.3, -0.25) is 15.5 Å². The number of hydrogen-bond donors (Lipinski definition) is 4. The monoisotopic (exact) mass is 871 g/mol. The lowest BCUT2D eigenvalue weighted by Gasteiger charge is -2.28. The third-order valence-electron chi connectivity index (χ3n) is 6.66. The first-order valence-corrected chi connectivity index (χ1v) is 16.2. The molecule has 47 heavy (non-hydrogen) atoms. The van der Waals surface area contributed by atoms with Gasteiger partial charge in [0.15, 0.2) is 17.7 Å². The van der Waals surface area contributed by atoms with Crippen LogP contribution in [0, 0.1) is 17.3 Å². The van der Waals surface area contributed by atoms with Gasteiger partial charge in [-0.05, 0) is 112 Å². The molecule has 0 radical (unpaired) electrons. The van der Waals surface area contributed by atoms with E-state index in [9.17, 15) is 24.8 Å². The molecule has 248 valence electrons. The van der Waals surface area contributed by atoms with Crippen LogP contribution >= 0.6 is 45.2 Å². The van der Waals surface area contributed by atoms with Crippen molar-refractivity contribution in [2.45, 2.75) is 32.7 Å². The summed E-state index contributed by atoms with van der Waals surface area (Å²) < 4.78 is 24.1. The Balaban J connectivity index is 1.36. The highest BCUT2D eigenvalue weighted by Gasteiger charge is 2.32. The lowest BCUT2D eigenvalue weighted by atomic mass is 9.95. The number of halogens is 2. The number of rotatable bonds is 14. The van der Waals surface area contributed by atoms with E-state index in [-0.39, 0.29) is 24.5 Å². The average Bonchev–Trinajstić information content (AvgIpc) is 3.03. The van der Waals surface area contributed by atoms with Crippen molar-refractivity contribution in [2.24, 2.45) is 5.10 Å². The van der Waals surface area contributed by atoms with Gasteiger partial charge in [-0.1, -0.05) is 6.07 Å². The maximum atomic E-state index is 12.5. The molecule has 0 spiro atoms. The third kappa shape index (κ3) is 9.44. The van der Waals surface area contributed by atoms with Gasteiger partial charge in [0, 0.05) is 17.8 Å². The van der Waals surface area contributed by atoms with Gasteiger partial charge in [0.2, 0.25) is 0 Å². The number of nitrogens with one attached hydrogen (secondary N) is 3. The number of urea groups is 1. The van der Waals surface area contributed by atoms with Crippen LogP contribution in [0.4, 0.5) is 10.5 Å². The molecule has 4 rings (SSSR count). The molecule has 0 saturated carbocycles. The van der Waals surface area contributed by atoms with E-state index in [2.05, 4.69) is 66.3 Å². The second-order valence-corrected chi connectivity index (χ2v) is 12.3. The summed E-state index contributed by atoms with van der Waals surface area (Å²) in [4.78, 5) is 35.0. The molecule has 0 unspecified atom stereocenters. The summed E-state index contributed by atoms with van der Waals surface area (Å²) in [6, 6.07) is 13.7. The van der Waals surface area contributed by atoms with Crippen molar-refractivity contribution in [3.8, 4) is 17.2 Å². The van der Waals surface area contributed by atoms with Crippen molar-refractivity contribution in [3.63, 3.8) is 0 Å². The van der Waals surface area contributed by atoms with E-state index in [0.29, 0.717) is 35.1 Å². The molecule has 1 heterocycles. The Hall–Kier alpha value is -4.17. The number of hydrogen-bond acceptors (Lipinski definition) is 11. The van der Waals surface area contributed by atoms with E-state index in [1.165, 1.54) is 19.2 Å². The molecule has 0 aromatic heterocycles. The number of allylic oxidation sites excluding steroid dienone is 1. The van der Waals surface area contributed by atoms with Crippen molar-refractivity contribution < 1.29 is 38.6 Å². The molecule has 3 aromatic rings. The van der Waals surface area contributed by atoms with Gasteiger partial charge in [0.05, 0.1) is 43.6 Å². The molecule has 1 aliphatic rings. The van der Waals surface area contributed by atoms with Gasteiger partial charge in [0.1, 0.15) is 19.0 Å². The summed E-state index contributed by atoms with van der Waals surface area (Å²) in [5, 5.41) is 30.8. The largest absolute Gasteiger partial charge is 0.490 e. The molecular formula is C31H31I2N5O9. The van der Waals surface area contributed by atoms with Crippen molar-refractivity contribution >= 4 is 69.1 Å². The Bertz CT molecular complexity index is 1680. The molecule has 0 bridgehead atoms. The number of aliphatic hydroxyl groups is 1. The predicted octanol–water partition coefficient (Wildman–Crippen LogP) is 4.90.